The van der Waals surface area contributed by atoms with E-state index in [-0.39, 0.29) is 11.7 Å². The Morgan fingerprint density at radius 3 is 2.62 bits per heavy atom. The number of aliphatic hydroxyl groups is 1. The van der Waals surface area contributed by atoms with Gasteiger partial charge in [0.25, 0.3) is 0 Å². The summed E-state index contributed by atoms with van der Waals surface area (Å²) < 4.78 is 0. The molecule has 0 aromatic rings. The lowest BCUT2D eigenvalue weighted by molar-refractivity contribution is -0.186. The number of carboxylic acid groups (broad SMARTS) is 1. The highest BCUT2D eigenvalue weighted by Gasteiger charge is 2.64. The van der Waals surface area contributed by atoms with Gasteiger partial charge in [0.05, 0.1) is 11.0 Å². The van der Waals surface area contributed by atoms with E-state index in [0.29, 0.717) is 25.7 Å². The van der Waals surface area contributed by atoms with E-state index in [4.69, 9.17) is 0 Å². The zero-order valence-electron chi connectivity index (χ0n) is 12.8. The smallest absolute Gasteiger partial charge is 0.309 e. The minimum absolute atomic E-state index is 0.0356. The molecule has 4 heteroatoms. The average Bonchev–Trinajstić information content (AvgIpc) is 2.41. The van der Waals surface area contributed by atoms with E-state index in [1.165, 1.54) is 0 Å². The molecule has 0 bridgehead atoms. The SMILES string of the molecule is C[C@]12CCC[C@](C)(C(=O)O)[C@@H]1CCC1=CC(=O)CC[C@@]12O. The topological polar surface area (TPSA) is 74.6 Å². The van der Waals surface area contributed by atoms with Crippen molar-refractivity contribution in [1.82, 2.24) is 0 Å². The molecule has 0 aromatic carbocycles. The molecule has 0 amide bonds. The van der Waals surface area contributed by atoms with E-state index in [1.54, 1.807) is 6.08 Å². The molecule has 0 radical (unpaired) electrons. The van der Waals surface area contributed by atoms with Crippen molar-refractivity contribution in [2.24, 2.45) is 16.7 Å². The Morgan fingerprint density at radius 1 is 1.24 bits per heavy atom. The Balaban J connectivity index is 2.09. The third-order valence-electron chi connectivity index (χ3n) is 6.67. The van der Waals surface area contributed by atoms with Crippen LogP contribution in [0.3, 0.4) is 0 Å². The van der Waals surface area contributed by atoms with E-state index in [1.807, 2.05) is 13.8 Å². The lowest BCUT2D eigenvalue weighted by Crippen LogP contribution is -2.62. The van der Waals surface area contributed by atoms with Crippen molar-refractivity contribution in [1.29, 1.82) is 0 Å². The number of fused-ring (bicyclic) bond motifs is 3. The monoisotopic (exact) mass is 292 g/mol. The van der Waals surface area contributed by atoms with E-state index in [0.717, 1.165) is 24.8 Å². The first-order valence-electron chi connectivity index (χ1n) is 7.94. The highest BCUT2D eigenvalue weighted by atomic mass is 16.4. The summed E-state index contributed by atoms with van der Waals surface area (Å²) in [7, 11) is 0. The van der Waals surface area contributed by atoms with Crippen LogP contribution in [0.15, 0.2) is 11.6 Å². The fourth-order valence-electron chi connectivity index (χ4n) is 5.34. The van der Waals surface area contributed by atoms with Crippen LogP contribution in [0, 0.1) is 16.7 Å². The molecular formula is C17H24O4. The largest absolute Gasteiger partial charge is 0.481 e. The van der Waals surface area contributed by atoms with Crippen molar-refractivity contribution in [3.8, 4) is 0 Å². The molecule has 2 saturated carbocycles. The molecule has 0 saturated heterocycles. The third kappa shape index (κ3) is 1.78. The number of hydrogen-bond donors (Lipinski definition) is 2. The predicted octanol–water partition coefficient (Wildman–Crippen LogP) is 2.70. The minimum Gasteiger partial charge on any atom is -0.481 e. The molecule has 2 N–H and O–H groups in total. The molecule has 0 aromatic heterocycles. The summed E-state index contributed by atoms with van der Waals surface area (Å²) in [5.41, 5.74) is -1.37. The summed E-state index contributed by atoms with van der Waals surface area (Å²) in [6, 6.07) is 0. The summed E-state index contributed by atoms with van der Waals surface area (Å²) in [5.74, 6) is -0.693. The van der Waals surface area contributed by atoms with Crippen LogP contribution in [0.5, 0.6) is 0 Å². The van der Waals surface area contributed by atoms with Gasteiger partial charge in [-0.1, -0.05) is 13.3 Å². The third-order valence-corrected chi connectivity index (χ3v) is 6.67. The summed E-state index contributed by atoms with van der Waals surface area (Å²) >= 11 is 0. The van der Waals surface area contributed by atoms with Gasteiger partial charge in [-0.05, 0) is 56.6 Å². The predicted molar refractivity (Wildman–Crippen MR) is 77.7 cm³/mol. The molecule has 0 heterocycles. The van der Waals surface area contributed by atoms with Crippen molar-refractivity contribution in [3.63, 3.8) is 0 Å². The Hall–Kier alpha value is -1.16. The quantitative estimate of drug-likeness (QED) is 0.779. The Bertz CT molecular complexity index is 537. The highest BCUT2D eigenvalue weighted by Crippen LogP contribution is 2.64. The van der Waals surface area contributed by atoms with Gasteiger partial charge in [-0.25, -0.2) is 0 Å². The average molecular weight is 292 g/mol. The van der Waals surface area contributed by atoms with Crippen LogP contribution in [0.25, 0.3) is 0 Å². The van der Waals surface area contributed by atoms with Crippen LogP contribution in [0.4, 0.5) is 0 Å². The van der Waals surface area contributed by atoms with Crippen molar-refractivity contribution >= 4 is 11.8 Å². The van der Waals surface area contributed by atoms with Crippen LogP contribution in [-0.2, 0) is 9.59 Å². The molecule has 116 valence electrons. The number of rotatable bonds is 1. The lowest BCUT2D eigenvalue weighted by atomic mass is 9.44. The number of ketones is 1. The molecule has 0 spiro atoms. The summed E-state index contributed by atoms with van der Waals surface area (Å²) in [5, 5.41) is 21.1. The second-order valence-corrected chi connectivity index (χ2v) is 7.58. The van der Waals surface area contributed by atoms with Gasteiger partial charge in [0.1, 0.15) is 0 Å². The second kappa shape index (κ2) is 4.42. The Labute approximate surface area is 125 Å². The maximum atomic E-state index is 11.8. The van der Waals surface area contributed by atoms with Crippen LogP contribution in [0.1, 0.15) is 58.8 Å². The van der Waals surface area contributed by atoms with Crippen molar-refractivity contribution < 1.29 is 19.8 Å². The molecule has 3 rings (SSSR count). The number of allylic oxidation sites excluding steroid dienone is 1. The molecule has 3 aliphatic carbocycles. The molecule has 0 unspecified atom stereocenters. The van der Waals surface area contributed by atoms with Crippen molar-refractivity contribution in [2.75, 3.05) is 0 Å². The van der Waals surface area contributed by atoms with Gasteiger partial charge in [-0.2, -0.15) is 0 Å². The summed E-state index contributed by atoms with van der Waals surface area (Å²) in [6.07, 6.45) is 6.16. The Morgan fingerprint density at radius 2 is 1.95 bits per heavy atom. The number of aliphatic carboxylic acids is 1. The first-order valence-corrected chi connectivity index (χ1v) is 7.94. The molecule has 3 aliphatic rings. The molecule has 4 atom stereocenters. The fourth-order valence-corrected chi connectivity index (χ4v) is 5.34. The lowest BCUT2D eigenvalue weighted by Gasteiger charge is -2.61. The normalized spacial score (nSPS) is 46.3. The molecular weight excluding hydrogens is 268 g/mol. The van der Waals surface area contributed by atoms with Crippen LogP contribution >= 0.6 is 0 Å². The van der Waals surface area contributed by atoms with Crippen LogP contribution in [-0.4, -0.2) is 27.6 Å². The van der Waals surface area contributed by atoms with E-state index >= 15 is 0 Å². The van der Waals surface area contributed by atoms with Crippen LogP contribution in [0.2, 0.25) is 0 Å². The highest BCUT2D eigenvalue weighted by molar-refractivity contribution is 5.92. The van der Waals surface area contributed by atoms with Gasteiger partial charge >= 0.3 is 5.97 Å². The maximum Gasteiger partial charge on any atom is 0.309 e. The van der Waals surface area contributed by atoms with Gasteiger partial charge in [-0.3, -0.25) is 9.59 Å². The van der Waals surface area contributed by atoms with Crippen molar-refractivity contribution in [2.45, 2.75) is 64.4 Å². The molecule has 4 nitrogen and oxygen atoms in total. The summed E-state index contributed by atoms with van der Waals surface area (Å²) in [4.78, 5) is 23.5. The number of carbonyl (C=O) groups excluding carboxylic acids is 1. The number of carbonyl (C=O) groups is 2. The minimum atomic E-state index is -0.999. The van der Waals surface area contributed by atoms with E-state index in [9.17, 15) is 19.8 Å². The number of carboxylic acids is 1. The first kappa shape index (κ1) is 14.8. The van der Waals surface area contributed by atoms with Crippen LogP contribution < -0.4 is 0 Å². The van der Waals surface area contributed by atoms with Gasteiger partial charge in [0.2, 0.25) is 0 Å². The number of hydrogen-bond acceptors (Lipinski definition) is 3. The maximum absolute atomic E-state index is 11.8. The zero-order valence-corrected chi connectivity index (χ0v) is 12.8. The van der Waals surface area contributed by atoms with Crippen molar-refractivity contribution in [3.05, 3.63) is 11.6 Å². The zero-order chi connectivity index (χ0) is 15.5. The standard InChI is InChI=1S/C17H24O4/c1-15(14(19)20)7-3-8-16(2)13(15)5-4-11-10-12(18)6-9-17(11,16)21/h10,13,21H,3-9H2,1-2H3,(H,19,20)/t13-,15-,16-,17+/m0/s1. The van der Waals surface area contributed by atoms with Gasteiger partial charge in [0, 0.05) is 11.8 Å². The fraction of sp³-hybridized carbons (Fsp3) is 0.765. The van der Waals surface area contributed by atoms with Gasteiger partial charge < -0.3 is 10.2 Å². The van der Waals surface area contributed by atoms with Gasteiger partial charge in [-0.15, -0.1) is 0 Å². The van der Waals surface area contributed by atoms with E-state index in [2.05, 4.69) is 0 Å². The second-order valence-electron chi connectivity index (χ2n) is 7.58. The van der Waals surface area contributed by atoms with Gasteiger partial charge in [0.15, 0.2) is 5.78 Å². The molecule has 2 fully saturated rings. The van der Waals surface area contributed by atoms with E-state index < -0.39 is 22.4 Å². The Kier molecular flexibility index (Phi) is 3.11. The molecule has 21 heavy (non-hydrogen) atoms. The first-order chi connectivity index (χ1) is 9.74. The molecule has 0 aliphatic heterocycles. The summed E-state index contributed by atoms with van der Waals surface area (Å²) in [6.45, 7) is 3.88.